The molecule has 1 rings (SSSR count). The van der Waals surface area contributed by atoms with Crippen LogP contribution < -0.4 is 10.6 Å². The molecule has 2 N–H and O–H groups in total. The van der Waals surface area contributed by atoms with Crippen LogP contribution >= 0.6 is 0 Å². The van der Waals surface area contributed by atoms with Crippen molar-refractivity contribution in [3.05, 3.63) is 29.8 Å². The van der Waals surface area contributed by atoms with Gasteiger partial charge in [0.1, 0.15) is 0 Å². The Morgan fingerprint density at radius 2 is 2.00 bits per heavy atom. The van der Waals surface area contributed by atoms with Gasteiger partial charge in [0.15, 0.2) is 0 Å². The van der Waals surface area contributed by atoms with E-state index in [9.17, 15) is 9.59 Å². The van der Waals surface area contributed by atoms with Crippen molar-refractivity contribution in [1.82, 2.24) is 5.32 Å². The standard InChI is InChI=1S/C12H16N2O3/c1-8(2)13-12(16)14-10-6-4-5-9(7-10)11(15)17-3/h4-8H,1-3H3,(H2,13,14,16). The quantitative estimate of drug-likeness (QED) is 0.789. The second-order valence-electron chi connectivity index (χ2n) is 3.83. The largest absolute Gasteiger partial charge is 0.465 e. The smallest absolute Gasteiger partial charge is 0.337 e. The van der Waals surface area contributed by atoms with Gasteiger partial charge in [-0.3, -0.25) is 0 Å². The molecule has 0 fully saturated rings. The van der Waals surface area contributed by atoms with Crippen molar-refractivity contribution in [2.45, 2.75) is 19.9 Å². The van der Waals surface area contributed by atoms with Gasteiger partial charge >= 0.3 is 12.0 Å². The van der Waals surface area contributed by atoms with E-state index in [1.54, 1.807) is 24.3 Å². The maximum absolute atomic E-state index is 11.4. The van der Waals surface area contributed by atoms with Gasteiger partial charge in [0.05, 0.1) is 12.7 Å². The van der Waals surface area contributed by atoms with E-state index in [-0.39, 0.29) is 12.1 Å². The third kappa shape index (κ3) is 4.14. The van der Waals surface area contributed by atoms with Gasteiger partial charge < -0.3 is 15.4 Å². The monoisotopic (exact) mass is 236 g/mol. The minimum Gasteiger partial charge on any atom is -0.465 e. The van der Waals surface area contributed by atoms with E-state index >= 15 is 0 Å². The minimum atomic E-state index is -0.432. The summed E-state index contributed by atoms with van der Waals surface area (Å²) in [6, 6.07) is 6.31. The van der Waals surface area contributed by atoms with Crippen molar-refractivity contribution in [1.29, 1.82) is 0 Å². The topological polar surface area (TPSA) is 67.4 Å². The number of carbonyl (C=O) groups excluding carboxylic acids is 2. The average molecular weight is 236 g/mol. The number of rotatable bonds is 3. The van der Waals surface area contributed by atoms with Crippen LogP contribution in [0.3, 0.4) is 0 Å². The number of amides is 2. The highest BCUT2D eigenvalue weighted by Crippen LogP contribution is 2.11. The van der Waals surface area contributed by atoms with Crippen LogP contribution in [0.4, 0.5) is 10.5 Å². The van der Waals surface area contributed by atoms with E-state index < -0.39 is 5.97 Å². The Kier molecular flexibility index (Phi) is 4.51. The molecule has 5 nitrogen and oxygen atoms in total. The molecule has 0 saturated carbocycles. The second-order valence-corrected chi connectivity index (χ2v) is 3.83. The third-order valence-corrected chi connectivity index (χ3v) is 1.96. The maximum atomic E-state index is 11.4. The SMILES string of the molecule is COC(=O)c1cccc(NC(=O)NC(C)C)c1. The second kappa shape index (κ2) is 5.89. The van der Waals surface area contributed by atoms with Gasteiger partial charge in [0.25, 0.3) is 0 Å². The molecule has 0 saturated heterocycles. The Balaban J connectivity index is 2.72. The summed E-state index contributed by atoms with van der Waals surface area (Å²) in [5.41, 5.74) is 0.945. The predicted octanol–water partition coefficient (Wildman–Crippen LogP) is 2.00. The van der Waals surface area contributed by atoms with E-state index in [2.05, 4.69) is 15.4 Å². The Morgan fingerprint density at radius 1 is 1.29 bits per heavy atom. The molecule has 0 aliphatic carbocycles. The highest BCUT2D eigenvalue weighted by atomic mass is 16.5. The Hall–Kier alpha value is -2.04. The molecule has 17 heavy (non-hydrogen) atoms. The first-order valence-corrected chi connectivity index (χ1v) is 5.29. The number of esters is 1. The first-order chi connectivity index (χ1) is 8.02. The number of urea groups is 1. The van der Waals surface area contributed by atoms with Crippen molar-refractivity contribution in [2.24, 2.45) is 0 Å². The third-order valence-electron chi connectivity index (χ3n) is 1.96. The van der Waals surface area contributed by atoms with Crippen LogP contribution in [-0.2, 0) is 4.74 Å². The molecule has 92 valence electrons. The fraction of sp³-hybridized carbons (Fsp3) is 0.333. The van der Waals surface area contributed by atoms with E-state index in [1.165, 1.54) is 7.11 Å². The lowest BCUT2D eigenvalue weighted by molar-refractivity contribution is 0.0600. The molecule has 0 aromatic heterocycles. The molecule has 0 unspecified atom stereocenters. The van der Waals surface area contributed by atoms with Crippen LogP contribution in [-0.4, -0.2) is 25.2 Å². The molecule has 0 aliphatic heterocycles. The van der Waals surface area contributed by atoms with Gasteiger partial charge in [-0.1, -0.05) is 6.07 Å². The average Bonchev–Trinajstić information content (AvgIpc) is 2.27. The molecule has 0 atom stereocenters. The molecule has 0 radical (unpaired) electrons. The van der Waals surface area contributed by atoms with Crippen LogP contribution in [0, 0.1) is 0 Å². The fourth-order valence-corrected chi connectivity index (χ4v) is 1.27. The summed E-state index contributed by atoms with van der Waals surface area (Å²) >= 11 is 0. The van der Waals surface area contributed by atoms with E-state index in [1.807, 2.05) is 13.8 Å². The summed E-state index contributed by atoms with van der Waals surface area (Å²) in [7, 11) is 1.31. The number of methoxy groups -OCH3 is 1. The number of hydrogen-bond acceptors (Lipinski definition) is 3. The first kappa shape index (κ1) is 13.0. The van der Waals surface area contributed by atoms with Gasteiger partial charge in [0.2, 0.25) is 0 Å². The summed E-state index contributed by atoms with van der Waals surface area (Å²) in [5.74, 6) is -0.432. The minimum absolute atomic E-state index is 0.0544. The summed E-state index contributed by atoms with van der Waals surface area (Å²) in [5, 5.41) is 5.32. The Morgan fingerprint density at radius 3 is 2.59 bits per heavy atom. The Bertz CT molecular complexity index is 416. The first-order valence-electron chi connectivity index (χ1n) is 5.29. The van der Waals surface area contributed by atoms with Crippen molar-refractivity contribution < 1.29 is 14.3 Å². The van der Waals surface area contributed by atoms with Gasteiger partial charge in [-0.25, -0.2) is 9.59 Å². The van der Waals surface area contributed by atoms with Crippen LogP contribution in [0.25, 0.3) is 0 Å². The number of carbonyl (C=O) groups is 2. The van der Waals surface area contributed by atoms with Gasteiger partial charge in [0, 0.05) is 11.7 Å². The molecule has 2 amide bonds. The van der Waals surface area contributed by atoms with Gasteiger partial charge in [-0.05, 0) is 32.0 Å². The highest BCUT2D eigenvalue weighted by molar-refractivity contribution is 5.93. The van der Waals surface area contributed by atoms with E-state index in [0.29, 0.717) is 11.3 Å². The van der Waals surface area contributed by atoms with Crippen molar-refractivity contribution in [3.8, 4) is 0 Å². The van der Waals surface area contributed by atoms with Crippen molar-refractivity contribution >= 4 is 17.7 Å². The Labute approximate surface area is 100 Å². The summed E-state index contributed by atoms with van der Waals surface area (Å²) < 4.78 is 4.59. The number of nitrogens with one attached hydrogen (secondary N) is 2. The lowest BCUT2D eigenvalue weighted by Crippen LogP contribution is -2.34. The van der Waals surface area contributed by atoms with Gasteiger partial charge in [-0.2, -0.15) is 0 Å². The fourth-order valence-electron chi connectivity index (χ4n) is 1.27. The zero-order chi connectivity index (χ0) is 12.8. The van der Waals surface area contributed by atoms with Crippen molar-refractivity contribution in [3.63, 3.8) is 0 Å². The van der Waals surface area contributed by atoms with Crippen LogP contribution in [0.5, 0.6) is 0 Å². The number of benzene rings is 1. The molecule has 1 aromatic rings. The number of hydrogen-bond donors (Lipinski definition) is 2. The van der Waals surface area contributed by atoms with Gasteiger partial charge in [-0.15, -0.1) is 0 Å². The zero-order valence-corrected chi connectivity index (χ0v) is 10.1. The molecule has 0 aliphatic rings. The van der Waals surface area contributed by atoms with Crippen LogP contribution in [0.15, 0.2) is 24.3 Å². The van der Waals surface area contributed by atoms with Crippen LogP contribution in [0.2, 0.25) is 0 Å². The molecular formula is C12H16N2O3. The predicted molar refractivity (Wildman–Crippen MR) is 65.1 cm³/mol. The van der Waals surface area contributed by atoms with Crippen molar-refractivity contribution in [2.75, 3.05) is 12.4 Å². The lowest BCUT2D eigenvalue weighted by Gasteiger charge is -2.10. The highest BCUT2D eigenvalue weighted by Gasteiger charge is 2.07. The number of ether oxygens (including phenoxy) is 1. The normalized spacial score (nSPS) is 9.88. The summed E-state index contributed by atoms with van der Waals surface area (Å²) in [6.07, 6.45) is 0. The van der Waals surface area contributed by atoms with E-state index in [4.69, 9.17) is 0 Å². The lowest BCUT2D eigenvalue weighted by atomic mass is 10.2. The summed E-state index contributed by atoms with van der Waals surface area (Å²) in [4.78, 5) is 22.7. The molecule has 1 aromatic carbocycles. The maximum Gasteiger partial charge on any atom is 0.337 e. The molecule has 0 spiro atoms. The molecule has 5 heteroatoms. The number of anilines is 1. The molecule has 0 heterocycles. The van der Waals surface area contributed by atoms with E-state index in [0.717, 1.165) is 0 Å². The zero-order valence-electron chi connectivity index (χ0n) is 10.1. The molecule has 0 bridgehead atoms. The molecular weight excluding hydrogens is 220 g/mol. The summed E-state index contributed by atoms with van der Waals surface area (Å²) in [6.45, 7) is 3.73. The van der Waals surface area contributed by atoms with Crippen LogP contribution in [0.1, 0.15) is 24.2 Å².